The lowest BCUT2D eigenvalue weighted by atomic mass is 10.3. The van der Waals surface area contributed by atoms with Gasteiger partial charge in [-0.1, -0.05) is 18.2 Å². The number of nitrogens with zero attached hydrogens (tertiary/aromatic N) is 5. The molecule has 1 atom stereocenters. The monoisotopic (exact) mass is 313 g/mol. The Hall–Kier alpha value is -2.57. The minimum absolute atomic E-state index is 0.410. The normalized spacial score (nSPS) is 18.2. The number of rotatable bonds is 5. The van der Waals surface area contributed by atoms with Crippen LogP contribution in [-0.2, 0) is 6.54 Å². The molecule has 0 spiro atoms. The highest BCUT2D eigenvalue weighted by Crippen LogP contribution is 2.19. The van der Waals surface area contributed by atoms with Crippen LogP contribution in [0.5, 0.6) is 0 Å². The molecule has 2 N–H and O–H groups in total. The zero-order valence-electron chi connectivity index (χ0n) is 13.4. The molecular formula is C16H23N7. The summed E-state index contributed by atoms with van der Waals surface area (Å²) in [5, 5.41) is 10.9. The number of aromatic nitrogens is 3. The Bertz CT molecular complexity index is 609. The minimum atomic E-state index is 0.410. The van der Waals surface area contributed by atoms with E-state index in [2.05, 4.69) is 60.9 Å². The van der Waals surface area contributed by atoms with E-state index in [1.165, 1.54) is 5.69 Å². The summed E-state index contributed by atoms with van der Waals surface area (Å²) in [6.07, 6.45) is 4.37. The number of hydrogen-bond donors (Lipinski definition) is 2. The fraction of sp³-hybridized carbons (Fsp3) is 0.438. The predicted octanol–water partition coefficient (Wildman–Crippen LogP) is 0.722. The summed E-state index contributed by atoms with van der Waals surface area (Å²) >= 11 is 0. The molecule has 1 aromatic heterocycles. The lowest BCUT2D eigenvalue weighted by molar-refractivity contribution is 0.586. The van der Waals surface area contributed by atoms with Crippen LogP contribution >= 0.6 is 0 Å². The van der Waals surface area contributed by atoms with Crippen molar-refractivity contribution in [2.45, 2.75) is 19.0 Å². The van der Waals surface area contributed by atoms with Crippen LogP contribution in [0.4, 0.5) is 5.69 Å². The van der Waals surface area contributed by atoms with Crippen molar-refractivity contribution < 1.29 is 0 Å². The van der Waals surface area contributed by atoms with Crippen LogP contribution < -0.4 is 15.5 Å². The van der Waals surface area contributed by atoms with Crippen LogP contribution in [0.25, 0.3) is 0 Å². The van der Waals surface area contributed by atoms with E-state index in [4.69, 9.17) is 0 Å². The van der Waals surface area contributed by atoms with E-state index in [0.29, 0.717) is 6.04 Å². The van der Waals surface area contributed by atoms with Crippen molar-refractivity contribution in [1.82, 2.24) is 25.4 Å². The first-order chi connectivity index (χ1) is 11.3. The SMILES string of the molecule is CN=C(NCCn1cncn1)NC1CCN(c2ccccc2)C1. The zero-order chi connectivity index (χ0) is 15.9. The van der Waals surface area contributed by atoms with E-state index in [1.807, 2.05) is 0 Å². The smallest absolute Gasteiger partial charge is 0.191 e. The summed E-state index contributed by atoms with van der Waals surface area (Å²) in [6, 6.07) is 11.0. The number of anilines is 1. The molecule has 2 aromatic rings. The third-order valence-electron chi connectivity index (χ3n) is 3.97. The molecule has 0 amide bonds. The third kappa shape index (κ3) is 4.21. The first kappa shape index (κ1) is 15.3. The van der Waals surface area contributed by atoms with Crippen molar-refractivity contribution in [3.05, 3.63) is 43.0 Å². The van der Waals surface area contributed by atoms with E-state index in [0.717, 1.165) is 38.6 Å². The Morgan fingerprint density at radius 3 is 2.96 bits per heavy atom. The topological polar surface area (TPSA) is 70.4 Å². The first-order valence-corrected chi connectivity index (χ1v) is 7.95. The lowest BCUT2D eigenvalue weighted by Crippen LogP contribution is -2.45. The van der Waals surface area contributed by atoms with Crippen molar-refractivity contribution >= 4 is 11.6 Å². The Balaban J connectivity index is 1.44. The quantitative estimate of drug-likeness (QED) is 0.629. The Morgan fingerprint density at radius 1 is 1.35 bits per heavy atom. The van der Waals surface area contributed by atoms with E-state index in [1.54, 1.807) is 24.4 Å². The Labute approximate surface area is 136 Å². The lowest BCUT2D eigenvalue weighted by Gasteiger charge is -2.20. The van der Waals surface area contributed by atoms with Crippen molar-refractivity contribution in [3.8, 4) is 0 Å². The van der Waals surface area contributed by atoms with Gasteiger partial charge in [0.15, 0.2) is 5.96 Å². The van der Waals surface area contributed by atoms with Gasteiger partial charge in [0, 0.05) is 38.4 Å². The van der Waals surface area contributed by atoms with Gasteiger partial charge in [-0.2, -0.15) is 5.10 Å². The molecule has 0 bridgehead atoms. The molecule has 1 saturated heterocycles. The van der Waals surface area contributed by atoms with Crippen LogP contribution in [0.1, 0.15) is 6.42 Å². The molecule has 0 radical (unpaired) electrons. The van der Waals surface area contributed by atoms with Gasteiger partial charge in [0.2, 0.25) is 0 Å². The van der Waals surface area contributed by atoms with Gasteiger partial charge in [0.1, 0.15) is 12.7 Å². The van der Waals surface area contributed by atoms with Gasteiger partial charge in [-0.3, -0.25) is 9.67 Å². The molecular weight excluding hydrogens is 290 g/mol. The highest BCUT2D eigenvalue weighted by molar-refractivity contribution is 5.80. The number of guanidine groups is 1. The van der Waals surface area contributed by atoms with Crippen LogP contribution in [0, 0.1) is 0 Å². The number of nitrogens with one attached hydrogen (secondary N) is 2. The second-order valence-electron chi connectivity index (χ2n) is 5.57. The summed E-state index contributed by atoms with van der Waals surface area (Å²) < 4.78 is 1.80. The molecule has 0 saturated carbocycles. The predicted molar refractivity (Wildman–Crippen MR) is 91.6 cm³/mol. The van der Waals surface area contributed by atoms with Crippen LogP contribution in [0.3, 0.4) is 0 Å². The summed E-state index contributed by atoms with van der Waals surface area (Å²) in [4.78, 5) is 10.6. The molecule has 7 heteroatoms. The standard InChI is InChI=1S/C16H23N7/c1-17-16(19-8-10-23-13-18-12-20-23)21-14-7-9-22(11-14)15-5-3-2-4-6-15/h2-6,12-14H,7-11H2,1H3,(H2,17,19,21). The molecule has 23 heavy (non-hydrogen) atoms. The molecule has 7 nitrogen and oxygen atoms in total. The molecule has 1 aliphatic heterocycles. The van der Waals surface area contributed by atoms with Crippen LogP contribution in [0.2, 0.25) is 0 Å². The number of para-hydroxylation sites is 1. The maximum Gasteiger partial charge on any atom is 0.191 e. The maximum absolute atomic E-state index is 4.30. The second kappa shape index (κ2) is 7.62. The van der Waals surface area contributed by atoms with Gasteiger partial charge in [-0.05, 0) is 18.6 Å². The second-order valence-corrected chi connectivity index (χ2v) is 5.57. The summed E-state index contributed by atoms with van der Waals surface area (Å²) in [5.74, 6) is 0.838. The summed E-state index contributed by atoms with van der Waals surface area (Å²) in [5.41, 5.74) is 1.28. The van der Waals surface area contributed by atoms with E-state index >= 15 is 0 Å². The van der Waals surface area contributed by atoms with E-state index < -0.39 is 0 Å². The average molecular weight is 313 g/mol. The first-order valence-electron chi connectivity index (χ1n) is 7.95. The molecule has 1 unspecified atom stereocenters. The van der Waals surface area contributed by atoms with Gasteiger partial charge in [0.25, 0.3) is 0 Å². The van der Waals surface area contributed by atoms with Crippen molar-refractivity contribution in [2.75, 3.05) is 31.6 Å². The molecule has 1 fully saturated rings. The van der Waals surface area contributed by atoms with Crippen LogP contribution in [-0.4, -0.2) is 53.4 Å². The maximum atomic E-state index is 4.30. The number of aliphatic imine (C=N–C) groups is 1. The Kier molecular flexibility index (Phi) is 5.08. The third-order valence-corrected chi connectivity index (χ3v) is 3.97. The Morgan fingerprint density at radius 2 is 2.22 bits per heavy atom. The van der Waals surface area contributed by atoms with Crippen molar-refractivity contribution in [3.63, 3.8) is 0 Å². The van der Waals surface area contributed by atoms with E-state index in [9.17, 15) is 0 Å². The van der Waals surface area contributed by atoms with Crippen molar-refractivity contribution in [1.29, 1.82) is 0 Å². The molecule has 1 aliphatic rings. The average Bonchev–Trinajstić information content (AvgIpc) is 3.26. The largest absolute Gasteiger partial charge is 0.369 e. The van der Waals surface area contributed by atoms with Gasteiger partial charge >= 0.3 is 0 Å². The van der Waals surface area contributed by atoms with Gasteiger partial charge in [-0.15, -0.1) is 0 Å². The molecule has 3 rings (SSSR count). The molecule has 122 valence electrons. The summed E-state index contributed by atoms with van der Waals surface area (Å²) in [6.45, 7) is 3.59. The zero-order valence-corrected chi connectivity index (χ0v) is 13.4. The molecule has 0 aliphatic carbocycles. The molecule has 2 heterocycles. The summed E-state index contributed by atoms with van der Waals surface area (Å²) in [7, 11) is 1.80. The fourth-order valence-electron chi connectivity index (χ4n) is 2.78. The highest BCUT2D eigenvalue weighted by atomic mass is 15.3. The van der Waals surface area contributed by atoms with Crippen molar-refractivity contribution in [2.24, 2.45) is 4.99 Å². The van der Waals surface area contributed by atoms with Crippen LogP contribution in [0.15, 0.2) is 48.0 Å². The van der Waals surface area contributed by atoms with E-state index in [-0.39, 0.29) is 0 Å². The highest BCUT2D eigenvalue weighted by Gasteiger charge is 2.23. The number of hydrogen-bond acceptors (Lipinski definition) is 4. The molecule has 1 aromatic carbocycles. The number of benzene rings is 1. The van der Waals surface area contributed by atoms with Gasteiger partial charge in [-0.25, -0.2) is 4.98 Å². The fourth-order valence-corrected chi connectivity index (χ4v) is 2.78. The van der Waals surface area contributed by atoms with Gasteiger partial charge < -0.3 is 15.5 Å². The van der Waals surface area contributed by atoms with Gasteiger partial charge in [0.05, 0.1) is 6.54 Å². The minimum Gasteiger partial charge on any atom is -0.369 e.